The van der Waals surface area contributed by atoms with Crippen molar-refractivity contribution in [3.8, 4) is 0 Å². The molecule has 2 saturated carbocycles. The highest BCUT2D eigenvalue weighted by atomic mass is 16.4. The van der Waals surface area contributed by atoms with E-state index in [9.17, 15) is 14.7 Å². The number of hydrogen-bond acceptors (Lipinski definition) is 4. The summed E-state index contributed by atoms with van der Waals surface area (Å²) in [6.45, 7) is 1.66. The van der Waals surface area contributed by atoms with Gasteiger partial charge in [-0.3, -0.25) is 14.5 Å². The standard InChI is InChI=1S/C16H26N2O3/c19-13-5-8-15(9-13)12-18(10-14(20)21)16(11-17-15)6-3-1-2-4-7-16/h17H,1-12H2,(H,20,21). The second kappa shape index (κ2) is 5.69. The van der Waals surface area contributed by atoms with E-state index in [1.54, 1.807) is 0 Å². The molecule has 0 aromatic rings. The van der Waals surface area contributed by atoms with Gasteiger partial charge in [-0.25, -0.2) is 0 Å². The largest absolute Gasteiger partial charge is 0.480 e. The third kappa shape index (κ3) is 2.99. The molecule has 0 radical (unpaired) electrons. The van der Waals surface area contributed by atoms with Crippen LogP contribution in [0.1, 0.15) is 57.8 Å². The first-order valence-corrected chi connectivity index (χ1v) is 8.27. The molecule has 0 amide bonds. The van der Waals surface area contributed by atoms with Crippen molar-refractivity contribution in [3.05, 3.63) is 0 Å². The van der Waals surface area contributed by atoms with Gasteiger partial charge in [-0.2, -0.15) is 0 Å². The molecule has 1 atom stereocenters. The summed E-state index contributed by atoms with van der Waals surface area (Å²) in [5, 5.41) is 13.0. The topological polar surface area (TPSA) is 69.6 Å². The SMILES string of the molecule is O=C(O)CN1CC2(CCC(=O)C2)NCC12CCCCCC2. The smallest absolute Gasteiger partial charge is 0.317 e. The van der Waals surface area contributed by atoms with Gasteiger partial charge in [0.25, 0.3) is 0 Å². The van der Waals surface area contributed by atoms with Crippen molar-refractivity contribution in [1.82, 2.24) is 10.2 Å². The number of carboxylic acid groups (broad SMARTS) is 1. The Morgan fingerprint density at radius 1 is 1.19 bits per heavy atom. The molecule has 21 heavy (non-hydrogen) atoms. The van der Waals surface area contributed by atoms with Crippen LogP contribution < -0.4 is 5.32 Å². The average Bonchev–Trinajstić information content (AvgIpc) is 2.65. The molecule has 1 unspecified atom stereocenters. The van der Waals surface area contributed by atoms with Crippen LogP contribution in [0.4, 0.5) is 0 Å². The number of ketones is 1. The number of hydrogen-bond donors (Lipinski definition) is 2. The molecule has 3 fully saturated rings. The lowest BCUT2D eigenvalue weighted by Crippen LogP contribution is -2.70. The summed E-state index contributed by atoms with van der Waals surface area (Å²) in [6, 6.07) is 0. The molecule has 0 bridgehead atoms. The van der Waals surface area contributed by atoms with E-state index in [-0.39, 0.29) is 17.6 Å². The summed E-state index contributed by atoms with van der Waals surface area (Å²) in [5.41, 5.74) is -0.171. The first-order chi connectivity index (χ1) is 10.0. The van der Waals surface area contributed by atoms with Crippen LogP contribution in [0.3, 0.4) is 0 Å². The van der Waals surface area contributed by atoms with Crippen LogP contribution in [0.5, 0.6) is 0 Å². The predicted molar refractivity (Wildman–Crippen MR) is 79.2 cm³/mol. The molecule has 2 N–H and O–H groups in total. The molecule has 5 nitrogen and oxygen atoms in total. The molecule has 0 aromatic carbocycles. The van der Waals surface area contributed by atoms with Crippen LogP contribution in [0.25, 0.3) is 0 Å². The lowest BCUT2D eigenvalue weighted by Gasteiger charge is -2.53. The normalized spacial score (nSPS) is 33.4. The van der Waals surface area contributed by atoms with Gasteiger partial charge in [-0.15, -0.1) is 0 Å². The highest BCUT2D eigenvalue weighted by Gasteiger charge is 2.50. The van der Waals surface area contributed by atoms with Crippen LogP contribution in [0, 0.1) is 0 Å². The quantitative estimate of drug-likeness (QED) is 0.809. The number of piperazine rings is 1. The van der Waals surface area contributed by atoms with Gasteiger partial charge >= 0.3 is 5.97 Å². The average molecular weight is 294 g/mol. The molecule has 1 aliphatic heterocycles. The second-order valence-corrected chi connectivity index (χ2v) is 7.24. The number of nitrogens with zero attached hydrogens (tertiary/aromatic N) is 1. The summed E-state index contributed by atoms with van der Waals surface area (Å²) in [7, 11) is 0. The van der Waals surface area contributed by atoms with Gasteiger partial charge in [0, 0.05) is 37.0 Å². The fraction of sp³-hybridized carbons (Fsp3) is 0.875. The van der Waals surface area contributed by atoms with Gasteiger partial charge in [-0.05, 0) is 19.3 Å². The fourth-order valence-corrected chi connectivity index (χ4v) is 4.54. The number of nitrogens with one attached hydrogen (secondary N) is 1. The minimum Gasteiger partial charge on any atom is -0.480 e. The van der Waals surface area contributed by atoms with E-state index in [0.29, 0.717) is 25.2 Å². The molecule has 2 spiro atoms. The Labute approximate surface area is 126 Å². The first-order valence-electron chi connectivity index (χ1n) is 8.27. The molecule has 0 aromatic heterocycles. The Hall–Kier alpha value is -0.940. The van der Waals surface area contributed by atoms with Crippen molar-refractivity contribution in [2.75, 3.05) is 19.6 Å². The molecule has 2 aliphatic carbocycles. The Morgan fingerprint density at radius 2 is 1.90 bits per heavy atom. The van der Waals surface area contributed by atoms with Gasteiger partial charge in [0.05, 0.1) is 6.54 Å². The third-order valence-electron chi connectivity index (χ3n) is 5.74. The molecular formula is C16H26N2O3. The van der Waals surface area contributed by atoms with Crippen LogP contribution in [-0.4, -0.2) is 52.5 Å². The molecule has 1 heterocycles. The zero-order valence-corrected chi connectivity index (χ0v) is 12.7. The van der Waals surface area contributed by atoms with Gasteiger partial charge in [-0.1, -0.05) is 25.7 Å². The maximum Gasteiger partial charge on any atom is 0.317 e. The Balaban J connectivity index is 1.81. The van der Waals surface area contributed by atoms with E-state index in [2.05, 4.69) is 10.2 Å². The molecule has 3 rings (SSSR count). The number of carbonyl (C=O) groups is 2. The third-order valence-corrected chi connectivity index (χ3v) is 5.74. The number of rotatable bonds is 2. The van der Waals surface area contributed by atoms with Crippen LogP contribution >= 0.6 is 0 Å². The zero-order valence-electron chi connectivity index (χ0n) is 12.7. The molecular weight excluding hydrogens is 268 g/mol. The monoisotopic (exact) mass is 294 g/mol. The van der Waals surface area contributed by atoms with E-state index in [1.165, 1.54) is 25.7 Å². The summed E-state index contributed by atoms with van der Waals surface area (Å²) in [6.07, 6.45) is 9.11. The lowest BCUT2D eigenvalue weighted by atomic mass is 9.81. The van der Waals surface area contributed by atoms with Gasteiger partial charge < -0.3 is 10.4 Å². The van der Waals surface area contributed by atoms with Gasteiger partial charge in [0.1, 0.15) is 5.78 Å². The van der Waals surface area contributed by atoms with Crippen molar-refractivity contribution in [2.45, 2.75) is 68.9 Å². The van der Waals surface area contributed by atoms with E-state index in [4.69, 9.17) is 0 Å². The molecule has 1 saturated heterocycles. The summed E-state index contributed by atoms with van der Waals surface area (Å²) in [5.74, 6) is -0.436. The van der Waals surface area contributed by atoms with E-state index < -0.39 is 5.97 Å². The fourth-order valence-electron chi connectivity index (χ4n) is 4.54. The van der Waals surface area contributed by atoms with Crippen molar-refractivity contribution < 1.29 is 14.7 Å². The number of carbonyl (C=O) groups excluding carboxylic acids is 1. The lowest BCUT2D eigenvalue weighted by molar-refractivity contribution is -0.142. The minimum absolute atomic E-state index is 0.00816. The van der Waals surface area contributed by atoms with Crippen LogP contribution in [-0.2, 0) is 9.59 Å². The van der Waals surface area contributed by atoms with Gasteiger partial charge in [0.2, 0.25) is 0 Å². The summed E-state index contributed by atoms with van der Waals surface area (Å²) in [4.78, 5) is 25.2. The Bertz CT molecular complexity index is 429. The van der Waals surface area contributed by atoms with Gasteiger partial charge in [0.15, 0.2) is 0 Å². The van der Waals surface area contributed by atoms with E-state index >= 15 is 0 Å². The maximum absolute atomic E-state index is 11.7. The summed E-state index contributed by atoms with van der Waals surface area (Å²) < 4.78 is 0. The highest BCUT2D eigenvalue weighted by Crippen LogP contribution is 2.40. The number of Topliss-reactive ketones (excluding diaryl/α,β-unsaturated/α-hetero) is 1. The Morgan fingerprint density at radius 3 is 2.48 bits per heavy atom. The van der Waals surface area contributed by atoms with E-state index in [0.717, 1.165) is 25.8 Å². The maximum atomic E-state index is 11.7. The number of carboxylic acids is 1. The summed E-state index contributed by atoms with van der Waals surface area (Å²) >= 11 is 0. The van der Waals surface area contributed by atoms with Crippen molar-refractivity contribution in [2.24, 2.45) is 0 Å². The predicted octanol–water partition coefficient (Wildman–Crippen LogP) is 1.56. The highest BCUT2D eigenvalue weighted by molar-refractivity contribution is 5.82. The molecule has 3 aliphatic rings. The Kier molecular flexibility index (Phi) is 4.06. The van der Waals surface area contributed by atoms with Crippen LogP contribution in [0.2, 0.25) is 0 Å². The number of aliphatic carboxylic acids is 1. The van der Waals surface area contributed by atoms with Crippen molar-refractivity contribution >= 4 is 11.8 Å². The zero-order chi connectivity index (χ0) is 14.9. The van der Waals surface area contributed by atoms with Crippen LogP contribution in [0.15, 0.2) is 0 Å². The second-order valence-electron chi connectivity index (χ2n) is 7.24. The minimum atomic E-state index is -0.750. The molecule has 118 valence electrons. The first kappa shape index (κ1) is 15.0. The molecule has 5 heteroatoms. The van der Waals surface area contributed by atoms with Crippen molar-refractivity contribution in [1.29, 1.82) is 0 Å². The van der Waals surface area contributed by atoms with Crippen molar-refractivity contribution in [3.63, 3.8) is 0 Å². The van der Waals surface area contributed by atoms with E-state index in [1.807, 2.05) is 0 Å².